The first-order valence-electron chi connectivity index (χ1n) is 5.01. The molecule has 4 amide bonds. The van der Waals surface area contributed by atoms with E-state index in [0.717, 1.165) is 0 Å². The van der Waals surface area contributed by atoms with Gasteiger partial charge >= 0.3 is 13.4 Å². The Kier molecular flexibility index (Phi) is 5.79. The molecule has 1 rings (SSSR count). The van der Waals surface area contributed by atoms with Crippen molar-refractivity contribution in [3.8, 4) is 0 Å². The third kappa shape index (κ3) is 3.81. The Bertz CT molecular complexity index is 290. The number of urea groups is 1. The van der Waals surface area contributed by atoms with Gasteiger partial charge in [0.1, 0.15) is 5.41 Å². The number of carbonyl (C=O) groups is 3. The largest absolute Gasteiger partial charge is 0.631 e. The van der Waals surface area contributed by atoms with E-state index in [-0.39, 0.29) is 0 Å². The predicted molar refractivity (Wildman–Crippen MR) is 57.1 cm³/mol. The average molecular weight is 246 g/mol. The zero-order chi connectivity index (χ0) is 13.6. The highest BCUT2D eigenvalue weighted by atomic mass is 16.5. The van der Waals surface area contributed by atoms with E-state index in [4.69, 9.17) is 15.1 Å². The molecule has 9 heteroatoms. The van der Waals surface area contributed by atoms with Crippen LogP contribution in [0.2, 0.25) is 0 Å². The lowest BCUT2D eigenvalue weighted by Gasteiger charge is -2.31. The van der Waals surface area contributed by atoms with Crippen LogP contribution in [-0.4, -0.2) is 40.2 Å². The summed E-state index contributed by atoms with van der Waals surface area (Å²) in [7, 11) is -2.17. The number of nitrogens with one attached hydrogen (secondary N) is 2. The minimum atomic E-state index is -2.17. The van der Waals surface area contributed by atoms with E-state index >= 15 is 0 Å². The van der Waals surface area contributed by atoms with Gasteiger partial charge in [0.25, 0.3) is 0 Å². The number of imide groups is 2. The van der Waals surface area contributed by atoms with Gasteiger partial charge in [-0.3, -0.25) is 20.2 Å². The van der Waals surface area contributed by atoms with Crippen LogP contribution in [0.4, 0.5) is 4.79 Å². The normalized spacial score (nSPS) is 17.6. The highest BCUT2D eigenvalue weighted by Gasteiger charge is 2.47. The molecule has 0 atom stereocenters. The fourth-order valence-corrected chi connectivity index (χ4v) is 1.47. The molecule has 1 saturated heterocycles. The van der Waals surface area contributed by atoms with E-state index in [9.17, 15) is 14.4 Å². The molecule has 0 radical (unpaired) electrons. The Balaban J connectivity index is 0.000000557. The van der Waals surface area contributed by atoms with Crippen molar-refractivity contribution in [3.05, 3.63) is 0 Å². The molecule has 0 aromatic carbocycles. The second-order valence-electron chi connectivity index (χ2n) is 3.37. The number of hydrogen-bond donors (Lipinski definition) is 5. The van der Waals surface area contributed by atoms with Crippen LogP contribution < -0.4 is 10.6 Å². The van der Waals surface area contributed by atoms with Gasteiger partial charge in [-0.2, -0.15) is 0 Å². The second-order valence-corrected chi connectivity index (χ2v) is 3.37. The van der Waals surface area contributed by atoms with Gasteiger partial charge in [-0.1, -0.05) is 13.8 Å². The van der Waals surface area contributed by atoms with Crippen molar-refractivity contribution in [3.63, 3.8) is 0 Å². The van der Waals surface area contributed by atoms with E-state index < -0.39 is 30.6 Å². The SMILES string of the molecule is CCC1(CC)C(=O)NC(=O)NC1=O.OB(O)O. The van der Waals surface area contributed by atoms with Crippen molar-refractivity contribution in [1.29, 1.82) is 0 Å². The van der Waals surface area contributed by atoms with E-state index in [1.807, 2.05) is 0 Å². The average Bonchev–Trinajstić information content (AvgIpc) is 2.17. The minimum Gasteiger partial charge on any atom is -0.402 e. The first-order chi connectivity index (χ1) is 7.80. The number of hydrogen-bond acceptors (Lipinski definition) is 6. The van der Waals surface area contributed by atoms with E-state index in [1.54, 1.807) is 13.8 Å². The maximum atomic E-state index is 11.4. The number of rotatable bonds is 2. The van der Waals surface area contributed by atoms with Gasteiger partial charge in [-0.15, -0.1) is 0 Å². The molecule has 1 fully saturated rings. The maximum Gasteiger partial charge on any atom is 0.631 e. The summed E-state index contributed by atoms with van der Waals surface area (Å²) in [4.78, 5) is 33.6. The quantitative estimate of drug-likeness (QED) is 0.285. The van der Waals surface area contributed by atoms with Gasteiger partial charge in [-0.05, 0) is 12.8 Å². The smallest absolute Gasteiger partial charge is 0.402 e. The highest BCUT2D eigenvalue weighted by molar-refractivity contribution is 6.30. The van der Waals surface area contributed by atoms with Crippen molar-refractivity contribution in [2.45, 2.75) is 26.7 Å². The van der Waals surface area contributed by atoms with Gasteiger partial charge in [-0.25, -0.2) is 4.79 Å². The Morgan fingerprint density at radius 2 is 1.29 bits per heavy atom. The van der Waals surface area contributed by atoms with E-state index in [0.29, 0.717) is 12.8 Å². The summed E-state index contributed by atoms with van der Waals surface area (Å²) in [6.07, 6.45) is 0.795. The fourth-order valence-electron chi connectivity index (χ4n) is 1.47. The molecule has 0 aromatic heterocycles. The first-order valence-corrected chi connectivity index (χ1v) is 5.01. The number of barbiturate groups is 1. The molecule has 0 saturated carbocycles. The standard InChI is InChI=1S/C8H12N2O3.BH3O3/c1-3-8(4-2)5(11)9-7(13)10-6(8)12;2-1(3)4/h3-4H2,1-2H3,(H2,9,10,11,12,13);2-4H. The van der Waals surface area contributed by atoms with E-state index in [2.05, 4.69) is 10.6 Å². The highest BCUT2D eigenvalue weighted by Crippen LogP contribution is 2.28. The number of amides is 4. The maximum absolute atomic E-state index is 11.4. The Morgan fingerprint density at radius 1 is 1.00 bits per heavy atom. The van der Waals surface area contributed by atoms with Crippen LogP contribution in [0.5, 0.6) is 0 Å². The van der Waals surface area contributed by atoms with Gasteiger partial charge < -0.3 is 15.1 Å². The van der Waals surface area contributed by atoms with Crippen molar-refractivity contribution < 1.29 is 29.5 Å². The summed E-state index contributed by atoms with van der Waals surface area (Å²) in [5.41, 5.74) is -1.06. The van der Waals surface area contributed by atoms with Crippen LogP contribution in [0.3, 0.4) is 0 Å². The van der Waals surface area contributed by atoms with Crippen molar-refractivity contribution in [2.24, 2.45) is 5.41 Å². The summed E-state index contributed by atoms with van der Waals surface area (Å²) in [5.74, 6) is -0.988. The van der Waals surface area contributed by atoms with Gasteiger partial charge in [0.15, 0.2) is 0 Å². The third-order valence-corrected chi connectivity index (χ3v) is 2.53. The molecule has 1 aliphatic rings. The zero-order valence-electron chi connectivity index (χ0n) is 9.56. The molecule has 96 valence electrons. The van der Waals surface area contributed by atoms with E-state index in [1.165, 1.54) is 0 Å². The van der Waals surface area contributed by atoms with Crippen LogP contribution in [-0.2, 0) is 9.59 Å². The Labute approximate surface area is 98.2 Å². The van der Waals surface area contributed by atoms with Crippen LogP contribution in [0, 0.1) is 5.41 Å². The molecule has 0 unspecified atom stereocenters. The lowest BCUT2D eigenvalue weighted by atomic mass is 9.79. The topological polar surface area (TPSA) is 136 Å². The van der Waals surface area contributed by atoms with Crippen LogP contribution in [0.15, 0.2) is 0 Å². The first kappa shape index (κ1) is 15.6. The minimum absolute atomic E-state index is 0.397. The third-order valence-electron chi connectivity index (χ3n) is 2.53. The molecule has 0 aromatic rings. The molecule has 0 bridgehead atoms. The Morgan fingerprint density at radius 3 is 1.53 bits per heavy atom. The molecule has 8 nitrogen and oxygen atoms in total. The van der Waals surface area contributed by atoms with Crippen molar-refractivity contribution >= 4 is 25.2 Å². The second kappa shape index (κ2) is 6.33. The van der Waals surface area contributed by atoms with Crippen LogP contribution in [0.1, 0.15) is 26.7 Å². The monoisotopic (exact) mass is 246 g/mol. The van der Waals surface area contributed by atoms with Gasteiger partial charge in [0.2, 0.25) is 11.8 Å². The lowest BCUT2D eigenvalue weighted by Crippen LogP contribution is -2.61. The molecule has 0 spiro atoms. The zero-order valence-corrected chi connectivity index (χ0v) is 9.56. The molecule has 1 heterocycles. The van der Waals surface area contributed by atoms with Crippen LogP contribution >= 0.6 is 0 Å². The van der Waals surface area contributed by atoms with Gasteiger partial charge in [0.05, 0.1) is 0 Å². The summed E-state index contributed by atoms with van der Waals surface area (Å²) >= 11 is 0. The summed E-state index contributed by atoms with van der Waals surface area (Å²) in [6, 6.07) is -0.729. The Hall–Kier alpha value is -1.45. The molecular weight excluding hydrogens is 231 g/mol. The number of carbonyl (C=O) groups excluding carboxylic acids is 3. The molecule has 0 aliphatic carbocycles. The molecule has 1 aliphatic heterocycles. The molecular formula is C8H15BN2O6. The summed E-state index contributed by atoms with van der Waals surface area (Å²) in [5, 5.41) is 25.7. The van der Waals surface area contributed by atoms with Crippen LogP contribution in [0.25, 0.3) is 0 Å². The predicted octanol–water partition coefficient (Wildman–Crippen LogP) is -1.89. The summed E-state index contributed by atoms with van der Waals surface area (Å²) < 4.78 is 0. The van der Waals surface area contributed by atoms with Crippen molar-refractivity contribution in [1.82, 2.24) is 10.6 Å². The van der Waals surface area contributed by atoms with Crippen molar-refractivity contribution in [2.75, 3.05) is 0 Å². The lowest BCUT2D eigenvalue weighted by molar-refractivity contribution is -0.144. The van der Waals surface area contributed by atoms with Gasteiger partial charge in [0, 0.05) is 0 Å². The molecule has 5 N–H and O–H groups in total. The fraction of sp³-hybridized carbons (Fsp3) is 0.625. The molecule has 17 heavy (non-hydrogen) atoms. The summed E-state index contributed by atoms with van der Waals surface area (Å²) in [6.45, 7) is 3.50.